The first-order valence-electron chi connectivity index (χ1n) is 12.7. The standard InChI is InChI=1S/C29H29F6NO/c30-28(31,32)27(37,29(33,34)35)22-14-12-19(13-15-22)25-17-36-26(20-7-1-2-8-20)24(25)16-21-10-5-9-18-6-3-4-11-23(18)21/h3-6,9-15,20,24-26,36-37H,1-2,7-8,16-17H2/t24-,25-,26?/m0/s1. The van der Waals surface area contributed by atoms with Crippen molar-refractivity contribution in [3.05, 3.63) is 83.4 Å². The lowest BCUT2D eigenvalue weighted by molar-refractivity contribution is -0.376. The Bertz CT molecular complexity index is 1210. The molecule has 1 saturated carbocycles. The van der Waals surface area contributed by atoms with Gasteiger partial charge >= 0.3 is 12.4 Å². The lowest BCUT2D eigenvalue weighted by Crippen LogP contribution is -2.53. The first kappa shape index (κ1) is 26.0. The molecular weight excluding hydrogens is 492 g/mol. The summed E-state index contributed by atoms with van der Waals surface area (Å²) in [5.41, 5.74) is -4.28. The molecule has 3 atom stereocenters. The fraction of sp³-hybridized carbons (Fsp3) is 0.448. The van der Waals surface area contributed by atoms with Crippen LogP contribution < -0.4 is 5.32 Å². The third kappa shape index (κ3) is 4.63. The number of hydrogen-bond donors (Lipinski definition) is 2. The molecule has 1 saturated heterocycles. The number of nitrogens with one attached hydrogen (secondary N) is 1. The van der Waals surface area contributed by atoms with E-state index < -0.39 is 23.5 Å². The Balaban J connectivity index is 1.49. The van der Waals surface area contributed by atoms with E-state index in [-0.39, 0.29) is 17.9 Å². The van der Waals surface area contributed by atoms with Gasteiger partial charge in [-0.05, 0) is 53.0 Å². The van der Waals surface area contributed by atoms with Crippen LogP contribution in [0.25, 0.3) is 10.8 Å². The van der Waals surface area contributed by atoms with Gasteiger partial charge in [-0.1, -0.05) is 79.6 Å². The number of hydrogen-bond acceptors (Lipinski definition) is 2. The maximum atomic E-state index is 13.4. The smallest absolute Gasteiger partial charge is 0.369 e. The van der Waals surface area contributed by atoms with Gasteiger partial charge in [-0.2, -0.15) is 26.3 Å². The Labute approximate surface area is 211 Å². The largest absolute Gasteiger partial charge is 0.430 e. The number of fused-ring (bicyclic) bond motifs is 1. The number of rotatable bonds is 5. The Morgan fingerprint density at radius 2 is 1.41 bits per heavy atom. The Morgan fingerprint density at radius 3 is 2.05 bits per heavy atom. The maximum absolute atomic E-state index is 13.4. The molecule has 1 heterocycles. The second kappa shape index (κ2) is 9.62. The van der Waals surface area contributed by atoms with E-state index in [4.69, 9.17) is 0 Å². The van der Waals surface area contributed by atoms with Gasteiger partial charge in [0.1, 0.15) is 0 Å². The van der Waals surface area contributed by atoms with Crippen LogP contribution in [0.5, 0.6) is 0 Å². The molecule has 3 aromatic carbocycles. The van der Waals surface area contributed by atoms with Gasteiger partial charge in [-0.15, -0.1) is 0 Å². The van der Waals surface area contributed by atoms with E-state index >= 15 is 0 Å². The summed E-state index contributed by atoms with van der Waals surface area (Å²) in [6.45, 7) is 0.596. The van der Waals surface area contributed by atoms with E-state index in [9.17, 15) is 31.4 Å². The van der Waals surface area contributed by atoms with Gasteiger partial charge in [-0.3, -0.25) is 0 Å². The van der Waals surface area contributed by atoms with Crippen LogP contribution in [0.3, 0.4) is 0 Å². The molecule has 2 nitrogen and oxygen atoms in total. The molecule has 2 fully saturated rings. The van der Waals surface area contributed by atoms with Crippen LogP contribution in [0.1, 0.15) is 48.3 Å². The average Bonchev–Trinajstić information content (AvgIpc) is 3.53. The van der Waals surface area contributed by atoms with Crippen LogP contribution in [0, 0.1) is 11.8 Å². The molecule has 37 heavy (non-hydrogen) atoms. The average molecular weight is 522 g/mol. The fourth-order valence-electron chi connectivity index (χ4n) is 6.47. The molecule has 2 N–H and O–H groups in total. The Morgan fingerprint density at radius 1 is 0.784 bits per heavy atom. The van der Waals surface area contributed by atoms with Gasteiger partial charge < -0.3 is 10.4 Å². The summed E-state index contributed by atoms with van der Waals surface area (Å²) in [6.07, 6.45) is -6.50. The van der Waals surface area contributed by atoms with Crippen molar-refractivity contribution in [3.8, 4) is 0 Å². The fourth-order valence-corrected chi connectivity index (χ4v) is 6.47. The van der Waals surface area contributed by atoms with Crippen molar-refractivity contribution in [1.82, 2.24) is 5.32 Å². The predicted octanol–water partition coefficient (Wildman–Crippen LogP) is 7.26. The highest BCUT2D eigenvalue weighted by molar-refractivity contribution is 5.85. The number of benzene rings is 3. The second-order valence-corrected chi connectivity index (χ2v) is 10.4. The molecule has 3 aromatic rings. The van der Waals surface area contributed by atoms with Gasteiger partial charge in [0.25, 0.3) is 5.60 Å². The van der Waals surface area contributed by atoms with Crippen molar-refractivity contribution >= 4 is 10.8 Å². The molecule has 0 amide bonds. The third-order valence-electron chi connectivity index (χ3n) is 8.37. The van der Waals surface area contributed by atoms with Crippen LogP contribution in [0.15, 0.2) is 66.7 Å². The lowest BCUT2D eigenvalue weighted by atomic mass is 9.76. The molecule has 2 aliphatic rings. The van der Waals surface area contributed by atoms with Crippen LogP contribution in [0.4, 0.5) is 26.3 Å². The van der Waals surface area contributed by atoms with Crippen LogP contribution >= 0.6 is 0 Å². The van der Waals surface area contributed by atoms with Gasteiger partial charge in [0, 0.05) is 24.1 Å². The molecule has 0 aromatic heterocycles. The summed E-state index contributed by atoms with van der Waals surface area (Å²) < 4.78 is 80.2. The minimum Gasteiger partial charge on any atom is -0.369 e. The number of alkyl halides is 6. The normalized spacial score (nSPS) is 23.7. The van der Waals surface area contributed by atoms with Crippen molar-refractivity contribution in [2.45, 2.75) is 62.0 Å². The molecule has 0 bridgehead atoms. The van der Waals surface area contributed by atoms with Crippen molar-refractivity contribution in [1.29, 1.82) is 0 Å². The molecule has 8 heteroatoms. The summed E-state index contributed by atoms with van der Waals surface area (Å²) in [4.78, 5) is 0. The summed E-state index contributed by atoms with van der Waals surface area (Å²) in [6, 6.07) is 18.7. The van der Waals surface area contributed by atoms with Gasteiger partial charge in [0.2, 0.25) is 0 Å². The zero-order valence-electron chi connectivity index (χ0n) is 20.1. The quantitative estimate of drug-likeness (QED) is 0.347. The van der Waals surface area contributed by atoms with Crippen LogP contribution in [-0.4, -0.2) is 30.0 Å². The molecule has 1 unspecified atom stereocenters. The Hall–Kier alpha value is -2.58. The Kier molecular flexibility index (Phi) is 6.77. The summed E-state index contributed by atoms with van der Waals surface area (Å²) in [7, 11) is 0. The van der Waals surface area contributed by atoms with E-state index in [1.807, 2.05) is 18.2 Å². The number of halogens is 6. The summed E-state index contributed by atoms with van der Waals surface area (Å²) in [5.74, 6) is 0.539. The zero-order valence-corrected chi connectivity index (χ0v) is 20.1. The predicted molar refractivity (Wildman–Crippen MR) is 130 cm³/mol. The van der Waals surface area contributed by atoms with Gasteiger partial charge in [0.15, 0.2) is 0 Å². The number of aliphatic hydroxyl groups is 1. The minimum absolute atomic E-state index is 0.0801. The molecule has 0 spiro atoms. The first-order chi connectivity index (χ1) is 17.5. The van der Waals surface area contributed by atoms with E-state index in [1.54, 1.807) is 0 Å². The highest BCUT2D eigenvalue weighted by atomic mass is 19.4. The molecule has 0 radical (unpaired) electrons. The third-order valence-corrected chi connectivity index (χ3v) is 8.37. The second-order valence-electron chi connectivity index (χ2n) is 10.4. The maximum Gasteiger partial charge on any atom is 0.430 e. The van der Waals surface area contributed by atoms with Gasteiger partial charge in [0.05, 0.1) is 0 Å². The van der Waals surface area contributed by atoms with Crippen LogP contribution in [0.2, 0.25) is 0 Å². The van der Waals surface area contributed by atoms with E-state index in [0.717, 1.165) is 55.0 Å². The van der Waals surface area contributed by atoms with Crippen molar-refractivity contribution in [2.75, 3.05) is 6.54 Å². The summed E-state index contributed by atoms with van der Waals surface area (Å²) in [5, 5.41) is 15.7. The van der Waals surface area contributed by atoms with E-state index in [2.05, 4.69) is 29.6 Å². The van der Waals surface area contributed by atoms with Crippen molar-refractivity contribution in [3.63, 3.8) is 0 Å². The minimum atomic E-state index is -5.90. The lowest BCUT2D eigenvalue weighted by Gasteiger charge is -2.33. The van der Waals surface area contributed by atoms with Crippen molar-refractivity contribution < 1.29 is 31.4 Å². The summed E-state index contributed by atoms with van der Waals surface area (Å²) >= 11 is 0. The monoisotopic (exact) mass is 521 g/mol. The first-order valence-corrected chi connectivity index (χ1v) is 12.7. The van der Waals surface area contributed by atoms with Crippen molar-refractivity contribution in [2.24, 2.45) is 11.8 Å². The topological polar surface area (TPSA) is 32.3 Å². The molecule has 1 aliphatic heterocycles. The highest BCUT2D eigenvalue weighted by Crippen LogP contribution is 2.50. The molecule has 5 rings (SSSR count). The molecule has 198 valence electrons. The van der Waals surface area contributed by atoms with Crippen LogP contribution in [-0.2, 0) is 12.0 Å². The molecule has 1 aliphatic carbocycles. The highest BCUT2D eigenvalue weighted by Gasteiger charge is 2.71. The van der Waals surface area contributed by atoms with Gasteiger partial charge in [-0.25, -0.2) is 0 Å². The van der Waals surface area contributed by atoms with E-state index in [1.165, 1.54) is 17.7 Å². The molecular formula is C29H29F6NO. The SMILES string of the molecule is OC(c1ccc([C@@H]2CNC(C3CCCC3)[C@H]2Cc2cccc3ccccc23)cc1)(C(F)(F)F)C(F)(F)F. The van der Waals surface area contributed by atoms with E-state index in [0.29, 0.717) is 18.0 Å². The zero-order chi connectivity index (χ0) is 26.4.